The van der Waals surface area contributed by atoms with Crippen LogP contribution in [-0.4, -0.2) is 46.7 Å². The summed E-state index contributed by atoms with van der Waals surface area (Å²) >= 11 is 1.39. The summed E-state index contributed by atoms with van der Waals surface area (Å²) in [6, 6.07) is 8.40. The van der Waals surface area contributed by atoms with E-state index in [9.17, 15) is 4.79 Å². The third-order valence-corrected chi connectivity index (χ3v) is 5.04. The second-order valence-corrected chi connectivity index (χ2v) is 8.12. The maximum Gasteiger partial charge on any atom is 0.230 e. The van der Waals surface area contributed by atoms with Crippen molar-refractivity contribution < 1.29 is 9.53 Å². The third kappa shape index (κ3) is 5.57. The van der Waals surface area contributed by atoms with Gasteiger partial charge < -0.3 is 14.6 Å². The Labute approximate surface area is 159 Å². The molecule has 0 aliphatic carbocycles. The number of benzene rings is 1. The molecule has 0 aliphatic rings. The Hall–Kier alpha value is -1.86. The fourth-order valence-corrected chi connectivity index (χ4v) is 3.18. The summed E-state index contributed by atoms with van der Waals surface area (Å²) in [7, 11) is 3.58. The minimum atomic E-state index is -0.00909. The Kier molecular flexibility index (Phi) is 7.23. The van der Waals surface area contributed by atoms with Crippen LogP contribution in [0.15, 0.2) is 29.4 Å². The molecule has 0 bridgehead atoms. The van der Waals surface area contributed by atoms with Crippen molar-refractivity contribution >= 4 is 17.7 Å². The lowest BCUT2D eigenvalue weighted by molar-refractivity contribution is -0.118. The van der Waals surface area contributed by atoms with Crippen LogP contribution in [0, 0.1) is 0 Å². The number of rotatable bonds is 8. The molecular weight excluding hydrogens is 348 g/mol. The van der Waals surface area contributed by atoms with Crippen LogP contribution in [0.4, 0.5) is 0 Å². The van der Waals surface area contributed by atoms with Gasteiger partial charge in [-0.15, -0.1) is 10.2 Å². The van der Waals surface area contributed by atoms with Crippen LogP contribution in [0.1, 0.15) is 32.8 Å². The highest BCUT2D eigenvalue weighted by Crippen LogP contribution is 2.26. The SMILES string of the molecule is COCCCNC(=O)CSc1nnc(-c2ccc(C(C)(C)C)cc2)n1C. The fourth-order valence-electron chi connectivity index (χ4n) is 2.44. The minimum Gasteiger partial charge on any atom is -0.385 e. The number of thioether (sulfide) groups is 1. The summed E-state index contributed by atoms with van der Waals surface area (Å²) in [5.74, 6) is 1.11. The first-order valence-electron chi connectivity index (χ1n) is 8.71. The topological polar surface area (TPSA) is 69.0 Å². The molecule has 142 valence electrons. The first-order valence-corrected chi connectivity index (χ1v) is 9.70. The Morgan fingerprint density at radius 1 is 1.23 bits per heavy atom. The zero-order valence-corrected chi connectivity index (χ0v) is 17.0. The monoisotopic (exact) mass is 376 g/mol. The van der Waals surface area contributed by atoms with Crippen LogP contribution >= 0.6 is 11.8 Å². The molecule has 2 rings (SSSR count). The second kappa shape index (κ2) is 9.19. The number of hydrogen-bond donors (Lipinski definition) is 1. The van der Waals surface area contributed by atoms with Gasteiger partial charge in [0.2, 0.25) is 5.91 Å². The lowest BCUT2D eigenvalue weighted by Crippen LogP contribution is -2.26. The standard InChI is InChI=1S/C19H28N4O2S/c1-19(2,3)15-9-7-14(8-10-15)17-21-22-18(23(17)4)26-13-16(24)20-11-6-12-25-5/h7-10H,6,11-13H2,1-5H3,(H,20,24). The highest BCUT2D eigenvalue weighted by atomic mass is 32.2. The molecule has 26 heavy (non-hydrogen) atoms. The van der Waals surface area contributed by atoms with Gasteiger partial charge in [-0.3, -0.25) is 4.79 Å². The molecule has 7 heteroatoms. The third-order valence-electron chi connectivity index (χ3n) is 4.02. The molecule has 1 heterocycles. The maximum absolute atomic E-state index is 11.9. The number of nitrogens with one attached hydrogen (secondary N) is 1. The molecule has 1 aromatic heterocycles. The molecule has 2 aromatic rings. The van der Waals surface area contributed by atoms with Gasteiger partial charge in [0.05, 0.1) is 5.75 Å². The van der Waals surface area contributed by atoms with Gasteiger partial charge in [0.15, 0.2) is 11.0 Å². The number of ether oxygens (including phenoxy) is 1. The number of amides is 1. The van der Waals surface area contributed by atoms with Gasteiger partial charge in [0.25, 0.3) is 0 Å². The van der Waals surface area contributed by atoms with Crippen molar-refractivity contribution in [3.63, 3.8) is 0 Å². The lowest BCUT2D eigenvalue weighted by Gasteiger charge is -2.19. The van der Waals surface area contributed by atoms with E-state index in [1.54, 1.807) is 7.11 Å². The van der Waals surface area contributed by atoms with Crippen molar-refractivity contribution in [2.24, 2.45) is 7.05 Å². The van der Waals surface area contributed by atoms with Gasteiger partial charge in [0.1, 0.15) is 0 Å². The van der Waals surface area contributed by atoms with E-state index in [2.05, 4.69) is 60.6 Å². The predicted octanol–water partition coefficient (Wildman–Crippen LogP) is 3.02. The molecule has 1 N–H and O–H groups in total. The molecule has 1 amide bonds. The van der Waals surface area contributed by atoms with Crippen LogP contribution in [0.2, 0.25) is 0 Å². The smallest absolute Gasteiger partial charge is 0.230 e. The van der Waals surface area contributed by atoms with Gasteiger partial charge in [-0.1, -0.05) is 56.8 Å². The number of methoxy groups -OCH3 is 1. The molecular formula is C19H28N4O2S. The molecule has 0 saturated heterocycles. The van der Waals surface area contributed by atoms with E-state index in [1.165, 1.54) is 17.3 Å². The van der Waals surface area contributed by atoms with Gasteiger partial charge in [-0.25, -0.2) is 0 Å². The summed E-state index contributed by atoms with van der Waals surface area (Å²) in [6.45, 7) is 7.85. The van der Waals surface area contributed by atoms with Crippen molar-refractivity contribution in [3.8, 4) is 11.4 Å². The zero-order chi connectivity index (χ0) is 19.2. The van der Waals surface area contributed by atoms with E-state index in [0.717, 1.165) is 23.0 Å². The summed E-state index contributed by atoms with van der Waals surface area (Å²) in [5.41, 5.74) is 2.42. The first-order chi connectivity index (χ1) is 12.3. The number of aromatic nitrogens is 3. The molecule has 1 aromatic carbocycles. The Bertz CT molecular complexity index is 720. The van der Waals surface area contributed by atoms with Crippen LogP contribution < -0.4 is 5.32 Å². The second-order valence-electron chi connectivity index (χ2n) is 7.18. The van der Waals surface area contributed by atoms with E-state index in [4.69, 9.17) is 4.74 Å². The normalized spacial score (nSPS) is 11.6. The van der Waals surface area contributed by atoms with Gasteiger partial charge in [-0.05, 0) is 17.4 Å². The van der Waals surface area contributed by atoms with E-state index < -0.39 is 0 Å². The fraction of sp³-hybridized carbons (Fsp3) is 0.526. The van der Waals surface area contributed by atoms with Gasteiger partial charge in [-0.2, -0.15) is 0 Å². The number of nitrogens with zero attached hydrogens (tertiary/aromatic N) is 3. The molecule has 0 aliphatic heterocycles. The molecule has 0 atom stereocenters. The Morgan fingerprint density at radius 2 is 1.92 bits per heavy atom. The highest BCUT2D eigenvalue weighted by Gasteiger charge is 2.16. The van der Waals surface area contributed by atoms with E-state index >= 15 is 0 Å². The molecule has 0 spiro atoms. The quantitative estimate of drug-likeness (QED) is 0.566. The number of carbonyl (C=O) groups excluding carboxylic acids is 1. The average molecular weight is 377 g/mol. The number of carbonyl (C=O) groups is 1. The predicted molar refractivity (Wildman–Crippen MR) is 105 cm³/mol. The zero-order valence-electron chi connectivity index (χ0n) is 16.2. The van der Waals surface area contributed by atoms with E-state index in [-0.39, 0.29) is 11.3 Å². The average Bonchev–Trinajstić information content (AvgIpc) is 2.97. The molecule has 0 unspecified atom stereocenters. The summed E-state index contributed by atoms with van der Waals surface area (Å²) in [4.78, 5) is 11.9. The molecule has 6 nitrogen and oxygen atoms in total. The van der Waals surface area contributed by atoms with Crippen LogP contribution in [-0.2, 0) is 22.0 Å². The maximum atomic E-state index is 11.9. The van der Waals surface area contributed by atoms with Crippen LogP contribution in [0.3, 0.4) is 0 Å². The number of hydrogen-bond acceptors (Lipinski definition) is 5. The van der Waals surface area contributed by atoms with Gasteiger partial charge in [0, 0.05) is 32.9 Å². The summed E-state index contributed by atoms with van der Waals surface area (Å²) < 4.78 is 6.89. The minimum absolute atomic E-state index is 0.00909. The van der Waals surface area contributed by atoms with Crippen molar-refractivity contribution in [2.75, 3.05) is 26.0 Å². The first kappa shape index (κ1) is 20.5. The lowest BCUT2D eigenvalue weighted by atomic mass is 9.87. The van der Waals surface area contributed by atoms with Crippen molar-refractivity contribution in [1.29, 1.82) is 0 Å². The molecule has 0 fully saturated rings. The summed E-state index contributed by atoms with van der Waals surface area (Å²) in [6.07, 6.45) is 0.811. The largest absolute Gasteiger partial charge is 0.385 e. The Balaban J connectivity index is 1.96. The van der Waals surface area contributed by atoms with Crippen LogP contribution in [0.25, 0.3) is 11.4 Å². The van der Waals surface area contributed by atoms with E-state index in [1.807, 2.05) is 11.6 Å². The Morgan fingerprint density at radius 3 is 2.54 bits per heavy atom. The van der Waals surface area contributed by atoms with Crippen molar-refractivity contribution in [2.45, 2.75) is 37.8 Å². The van der Waals surface area contributed by atoms with Crippen LogP contribution in [0.5, 0.6) is 0 Å². The summed E-state index contributed by atoms with van der Waals surface area (Å²) in [5, 5.41) is 12.1. The molecule has 0 radical (unpaired) electrons. The van der Waals surface area contributed by atoms with Gasteiger partial charge >= 0.3 is 0 Å². The van der Waals surface area contributed by atoms with E-state index in [0.29, 0.717) is 18.9 Å². The van der Waals surface area contributed by atoms with Crippen molar-refractivity contribution in [1.82, 2.24) is 20.1 Å². The molecule has 0 saturated carbocycles. The van der Waals surface area contributed by atoms with Crippen molar-refractivity contribution in [3.05, 3.63) is 29.8 Å². The highest BCUT2D eigenvalue weighted by molar-refractivity contribution is 7.99.